The van der Waals surface area contributed by atoms with Crippen molar-refractivity contribution >= 4 is 7.14 Å². The number of rotatable bonds is 4. The van der Waals surface area contributed by atoms with Gasteiger partial charge in [-0.1, -0.05) is 13.2 Å². The van der Waals surface area contributed by atoms with Gasteiger partial charge in [0.2, 0.25) is 0 Å². The molecule has 0 aromatic heterocycles. The van der Waals surface area contributed by atoms with Crippen LogP contribution >= 0.6 is 7.14 Å². The van der Waals surface area contributed by atoms with Gasteiger partial charge in [-0.15, -0.1) is 0 Å². The van der Waals surface area contributed by atoms with Crippen LogP contribution < -0.4 is 0 Å². The van der Waals surface area contributed by atoms with Gasteiger partial charge in [-0.3, -0.25) is 0 Å². The maximum absolute atomic E-state index is 11.6. The van der Waals surface area contributed by atoms with Crippen LogP contribution in [0.15, 0.2) is 24.8 Å². The van der Waals surface area contributed by atoms with E-state index in [1.807, 2.05) is 0 Å². The van der Waals surface area contributed by atoms with Crippen LogP contribution in [0.2, 0.25) is 0 Å². The van der Waals surface area contributed by atoms with Crippen molar-refractivity contribution in [2.45, 2.75) is 12.8 Å². The molecular weight excluding hydrogens is 143 g/mol. The summed E-state index contributed by atoms with van der Waals surface area (Å²) in [4.78, 5) is 0. The van der Waals surface area contributed by atoms with Crippen LogP contribution in [-0.2, 0) is 4.57 Å². The van der Waals surface area contributed by atoms with Gasteiger partial charge in [-0.25, -0.2) is 0 Å². The fraction of sp³-hybridized carbons (Fsp3) is 0.500. The summed E-state index contributed by atoms with van der Waals surface area (Å²) in [6.45, 7) is 7.10. The standard InChI is InChI=1S/C8H13OP/c1-3-10(9,4-2)7-8-5-6-8/h3-4,8H,1-2,5-7H2. The Hall–Kier alpha value is -0.290. The van der Waals surface area contributed by atoms with Crippen molar-refractivity contribution in [2.24, 2.45) is 5.92 Å². The molecule has 56 valence electrons. The third-order valence-electron chi connectivity index (χ3n) is 1.86. The molecule has 1 aliphatic carbocycles. The van der Waals surface area contributed by atoms with Gasteiger partial charge in [-0.2, -0.15) is 0 Å². The van der Waals surface area contributed by atoms with Crippen LogP contribution in [0.1, 0.15) is 12.8 Å². The van der Waals surface area contributed by atoms with Crippen LogP contribution in [0.5, 0.6) is 0 Å². The Morgan fingerprint density at radius 1 is 1.40 bits per heavy atom. The summed E-state index contributed by atoms with van der Waals surface area (Å²) in [6, 6.07) is 0. The van der Waals surface area contributed by atoms with Gasteiger partial charge in [0.15, 0.2) is 0 Å². The molecule has 1 nitrogen and oxygen atoms in total. The lowest BCUT2D eigenvalue weighted by Gasteiger charge is -2.05. The molecule has 2 heteroatoms. The van der Waals surface area contributed by atoms with Crippen molar-refractivity contribution in [1.29, 1.82) is 0 Å². The average molecular weight is 156 g/mol. The summed E-state index contributed by atoms with van der Waals surface area (Å²) in [7, 11) is -2.15. The van der Waals surface area contributed by atoms with E-state index in [9.17, 15) is 4.57 Å². The Morgan fingerprint density at radius 2 is 1.90 bits per heavy atom. The Morgan fingerprint density at radius 3 is 2.20 bits per heavy atom. The number of hydrogen-bond donors (Lipinski definition) is 0. The summed E-state index contributed by atoms with van der Waals surface area (Å²) in [5, 5.41) is 0. The van der Waals surface area contributed by atoms with Crippen LogP contribution in [-0.4, -0.2) is 6.16 Å². The van der Waals surface area contributed by atoms with Crippen LogP contribution in [0, 0.1) is 5.92 Å². The normalized spacial score (nSPS) is 18.4. The first-order valence-electron chi connectivity index (χ1n) is 3.56. The third kappa shape index (κ3) is 1.85. The second-order valence-corrected chi connectivity index (χ2v) is 5.65. The minimum Gasteiger partial charge on any atom is -0.315 e. The molecule has 1 aliphatic rings. The molecule has 1 fully saturated rings. The SMILES string of the molecule is C=CP(=O)(C=C)CC1CC1. The second-order valence-electron chi connectivity index (χ2n) is 2.85. The molecule has 10 heavy (non-hydrogen) atoms. The summed E-state index contributed by atoms with van der Waals surface area (Å²) in [6.07, 6.45) is 3.29. The lowest BCUT2D eigenvalue weighted by Crippen LogP contribution is -1.84. The maximum Gasteiger partial charge on any atom is 0.128 e. The highest BCUT2D eigenvalue weighted by atomic mass is 31.2. The molecule has 1 rings (SSSR count). The second kappa shape index (κ2) is 2.75. The minimum absolute atomic E-state index is 0.696. The molecule has 1 saturated carbocycles. The molecule has 0 spiro atoms. The largest absolute Gasteiger partial charge is 0.315 e. The van der Waals surface area contributed by atoms with E-state index in [4.69, 9.17) is 0 Å². The predicted octanol–water partition coefficient (Wildman–Crippen LogP) is 3.05. The molecule has 0 N–H and O–H groups in total. The first-order chi connectivity index (χ1) is 4.70. The molecule has 0 unspecified atom stereocenters. The van der Waals surface area contributed by atoms with Crippen LogP contribution in [0.25, 0.3) is 0 Å². The molecule has 0 radical (unpaired) electrons. The quantitative estimate of drug-likeness (QED) is 0.572. The Bertz CT molecular complexity index is 179. The zero-order chi connectivity index (χ0) is 7.61. The average Bonchev–Trinajstić information content (AvgIpc) is 2.72. The molecule has 0 aromatic rings. The van der Waals surface area contributed by atoms with E-state index in [2.05, 4.69) is 13.2 Å². The first-order valence-corrected chi connectivity index (χ1v) is 5.59. The molecule has 0 amide bonds. The van der Waals surface area contributed by atoms with E-state index in [0.29, 0.717) is 5.92 Å². The molecule has 0 saturated heterocycles. The Labute approximate surface area is 62.2 Å². The van der Waals surface area contributed by atoms with Gasteiger partial charge in [0.25, 0.3) is 0 Å². The molecule has 0 aromatic carbocycles. The summed E-state index contributed by atoms with van der Waals surface area (Å²) >= 11 is 0. The van der Waals surface area contributed by atoms with E-state index in [-0.39, 0.29) is 0 Å². The van der Waals surface area contributed by atoms with Gasteiger partial charge >= 0.3 is 0 Å². The van der Waals surface area contributed by atoms with E-state index in [1.165, 1.54) is 12.8 Å². The van der Waals surface area contributed by atoms with Gasteiger partial charge < -0.3 is 4.57 Å². The minimum atomic E-state index is -2.15. The fourth-order valence-electron chi connectivity index (χ4n) is 0.928. The molecular formula is C8H13OP. The Kier molecular flexibility index (Phi) is 2.15. The summed E-state index contributed by atoms with van der Waals surface area (Å²) in [5.41, 5.74) is 0. The molecule has 0 bridgehead atoms. The van der Waals surface area contributed by atoms with Crippen LogP contribution in [0.3, 0.4) is 0 Å². The van der Waals surface area contributed by atoms with Crippen molar-refractivity contribution in [3.05, 3.63) is 24.8 Å². The first kappa shape index (κ1) is 7.81. The van der Waals surface area contributed by atoms with E-state index >= 15 is 0 Å². The lowest BCUT2D eigenvalue weighted by atomic mass is 10.5. The highest BCUT2D eigenvalue weighted by molar-refractivity contribution is 7.70. The predicted molar refractivity (Wildman–Crippen MR) is 45.6 cm³/mol. The third-order valence-corrected chi connectivity index (χ3v) is 4.18. The van der Waals surface area contributed by atoms with Crippen molar-refractivity contribution in [1.82, 2.24) is 0 Å². The smallest absolute Gasteiger partial charge is 0.128 e. The van der Waals surface area contributed by atoms with Crippen molar-refractivity contribution in [3.63, 3.8) is 0 Å². The van der Waals surface area contributed by atoms with Crippen molar-refractivity contribution in [3.8, 4) is 0 Å². The molecule has 0 aliphatic heterocycles. The highest BCUT2D eigenvalue weighted by Crippen LogP contribution is 2.53. The zero-order valence-electron chi connectivity index (χ0n) is 6.12. The van der Waals surface area contributed by atoms with Gasteiger partial charge in [0.05, 0.1) is 0 Å². The lowest BCUT2D eigenvalue weighted by molar-refractivity contribution is 0.584. The van der Waals surface area contributed by atoms with Gasteiger partial charge in [0, 0.05) is 6.16 Å². The zero-order valence-corrected chi connectivity index (χ0v) is 7.02. The summed E-state index contributed by atoms with van der Waals surface area (Å²) in [5.74, 6) is 3.83. The molecule has 0 heterocycles. The highest BCUT2D eigenvalue weighted by Gasteiger charge is 2.28. The van der Waals surface area contributed by atoms with Crippen LogP contribution in [0.4, 0.5) is 0 Å². The van der Waals surface area contributed by atoms with Crippen molar-refractivity contribution < 1.29 is 4.57 Å². The van der Waals surface area contributed by atoms with E-state index in [0.717, 1.165) is 6.16 Å². The topological polar surface area (TPSA) is 17.1 Å². The number of hydrogen-bond acceptors (Lipinski definition) is 1. The van der Waals surface area contributed by atoms with E-state index in [1.54, 1.807) is 11.6 Å². The van der Waals surface area contributed by atoms with E-state index < -0.39 is 7.14 Å². The fourth-order valence-corrected chi connectivity index (χ4v) is 2.55. The van der Waals surface area contributed by atoms with Crippen molar-refractivity contribution in [2.75, 3.05) is 6.16 Å². The Balaban J connectivity index is 2.53. The molecule has 0 atom stereocenters. The van der Waals surface area contributed by atoms with Gasteiger partial charge in [-0.05, 0) is 30.4 Å². The van der Waals surface area contributed by atoms with Gasteiger partial charge in [0.1, 0.15) is 7.14 Å². The monoisotopic (exact) mass is 156 g/mol. The maximum atomic E-state index is 11.6. The summed E-state index contributed by atoms with van der Waals surface area (Å²) < 4.78 is 11.6.